The molecule has 0 amide bonds. The molecule has 0 saturated heterocycles. The number of nitrogens with zero attached hydrogens (tertiary/aromatic N) is 1. The van der Waals surface area contributed by atoms with Crippen molar-refractivity contribution in [2.75, 3.05) is 13.2 Å². The number of allylic oxidation sites excluding steroid dienone is 3. The maximum Gasteiger partial charge on any atom is 0.120 e. The van der Waals surface area contributed by atoms with Crippen LogP contribution in [-0.4, -0.2) is 40.8 Å². The lowest BCUT2D eigenvalue weighted by Crippen LogP contribution is -2.34. The lowest BCUT2D eigenvalue weighted by molar-refractivity contribution is -0.0515. The Balaban J connectivity index is 2.21. The predicted octanol–water partition coefficient (Wildman–Crippen LogP) is 3.64. The van der Waals surface area contributed by atoms with E-state index in [1.807, 2.05) is 11.8 Å². The maximum absolute atomic E-state index is 13.8. The van der Waals surface area contributed by atoms with Crippen LogP contribution >= 0.6 is 11.8 Å². The highest BCUT2D eigenvalue weighted by Crippen LogP contribution is 2.34. The average Bonchev–Trinajstić information content (AvgIpc) is 2.81. The van der Waals surface area contributed by atoms with Crippen LogP contribution in [0.25, 0.3) is 0 Å². The second-order valence-corrected chi connectivity index (χ2v) is 6.43. The van der Waals surface area contributed by atoms with Crippen molar-refractivity contribution < 1.29 is 14.0 Å². The Bertz CT molecular complexity index is 312. The van der Waals surface area contributed by atoms with Crippen LogP contribution in [0.1, 0.15) is 32.6 Å². The molecule has 0 fully saturated rings. The first-order valence-corrected chi connectivity index (χ1v) is 7.58. The summed E-state index contributed by atoms with van der Waals surface area (Å²) in [4.78, 5) is 1.33. The monoisotopic (exact) mass is 291 g/mol. The molecule has 0 aromatic carbocycles. The van der Waals surface area contributed by atoms with E-state index < -0.39 is 12.2 Å². The van der Waals surface area contributed by atoms with E-state index in [2.05, 4.69) is 19.6 Å². The number of alkyl halides is 1. The van der Waals surface area contributed by atoms with Gasteiger partial charge in [-0.1, -0.05) is 12.2 Å². The highest BCUT2D eigenvalue weighted by atomic mass is 32.2. The van der Waals surface area contributed by atoms with Gasteiger partial charge in [0.25, 0.3) is 0 Å². The van der Waals surface area contributed by atoms with Gasteiger partial charge in [-0.05, 0) is 31.1 Å². The van der Waals surface area contributed by atoms with Crippen LogP contribution in [0, 0.1) is 0 Å². The number of hydrogen-bond donors (Lipinski definition) is 1. The van der Waals surface area contributed by atoms with Gasteiger partial charge in [0.15, 0.2) is 0 Å². The lowest BCUT2D eigenvalue weighted by Gasteiger charge is -2.23. The van der Waals surface area contributed by atoms with E-state index in [0.717, 1.165) is 25.3 Å². The summed E-state index contributed by atoms with van der Waals surface area (Å²) in [5, 5.41) is 10.2. The SMILES string of the molecule is C=CC(F)CC(CO)N(F)CCCC1CC=C(C)S1. The number of aliphatic hydroxyl groups excluding tert-OH is 1. The molecule has 0 aromatic heterocycles. The van der Waals surface area contributed by atoms with Crippen LogP contribution in [0.4, 0.5) is 8.87 Å². The minimum Gasteiger partial charge on any atom is -0.395 e. The summed E-state index contributed by atoms with van der Waals surface area (Å²) in [6.07, 6.45) is 4.74. The molecule has 0 radical (unpaired) electrons. The van der Waals surface area contributed by atoms with E-state index in [0.29, 0.717) is 10.4 Å². The number of hydrogen-bond acceptors (Lipinski definition) is 3. The van der Waals surface area contributed by atoms with Crippen molar-refractivity contribution in [3.8, 4) is 0 Å². The van der Waals surface area contributed by atoms with Crippen molar-refractivity contribution in [2.45, 2.75) is 50.1 Å². The van der Waals surface area contributed by atoms with Gasteiger partial charge in [0.05, 0.1) is 12.6 Å². The molecule has 110 valence electrons. The number of halogens is 2. The summed E-state index contributed by atoms with van der Waals surface area (Å²) >= 11 is 1.84. The summed E-state index contributed by atoms with van der Waals surface area (Å²) in [5.41, 5.74) is 0. The van der Waals surface area contributed by atoms with Gasteiger partial charge in [-0.2, -0.15) is 0 Å². The zero-order valence-corrected chi connectivity index (χ0v) is 12.2. The van der Waals surface area contributed by atoms with E-state index >= 15 is 0 Å². The molecule has 1 rings (SSSR count). The molecule has 3 unspecified atom stereocenters. The molecule has 3 atom stereocenters. The number of thioether (sulfide) groups is 1. The third kappa shape index (κ3) is 6.06. The second-order valence-electron chi connectivity index (χ2n) is 4.88. The molecule has 0 bridgehead atoms. The minimum absolute atomic E-state index is 0.0463. The first kappa shape index (κ1) is 16.7. The topological polar surface area (TPSA) is 23.5 Å². The Morgan fingerprint density at radius 2 is 2.42 bits per heavy atom. The Morgan fingerprint density at radius 1 is 1.68 bits per heavy atom. The fourth-order valence-electron chi connectivity index (χ4n) is 2.12. The molecule has 1 heterocycles. The Morgan fingerprint density at radius 3 is 2.95 bits per heavy atom. The van der Waals surface area contributed by atoms with E-state index in [1.54, 1.807) is 0 Å². The summed E-state index contributed by atoms with van der Waals surface area (Å²) in [6.45, 7) is 5.28. The molecule has 0 saturated carbocycles. The van der Waals surface area contributed by atoms with Gasteiger partial charge in [-0.15, -0.1) is 27.9 Å². The standard InChI is InChI=1S/C14H23F2NOS/c1-3-12(15)9-13(10-18)17(16)8-4-5-14-7-6-11(2)19-14/h3,6,12-14,18H,1,4-5,7-10H2,2H3. The third-order valence-electron chi connectivity index (χ3n) is 3.28. The lowest BCUT2D eigenvalue weighted by atomic mass is 10.1. The highest BCUT2D eigenvalue weighted by molar-refractivity contribution is 8.03. The average molecular weight is 291 g/mol. The molecule has 0 aliphatic carbocycles. The summed E-state index contributed by atoms with van der Waals surface area (Å²) in [5.74, 6) is 0. The van der Waals surface area contributed by atoms with E-state index in [-0.39, 0.29) is 19.6 Å². The van der Waals surface area contributed by atoms with Gasteiger partial charge in [0, 0.05) is 18.2 Å². The molecule has 19 heavy (non-hydrogen) atoms. The van der Waals surface area contributed by atoms with Crippen LogP contribution in [0.15, 0.2) is 23.6 Å². The summed E-state index contributed by atoms with van der Waals surface area (Å²) in [6, 6.07) is -0.774. The molecule has 1 aliphatic rings. The van der Waals surface area contributed by atoms with Gasteiger partial charge < -0.3 is 5.11 Å². The Labute approximate surface area is 118 Å². The van der Waals surface area contributed by atoms with Crippen LogP contribution in [0.5, 0.6) is 0 Å². The van der Waals surface area contributed by atoms with Gasteiger partial charge in [-0.25, -0.2) is 4.39 Å². The largest absolute Gasteiger partial charge is 0.395 e. The van der Waals surface area contributed by atoms with Crippen LogP contribution in [0.2, 0.25) is 0 Å². The van der Waals surface area contributed by atoms with Gasteiger partial charge >= 0.3 is 0 Å². The Hall–Kier alpha value is -0.390. The molecule has 1 aliphatic heterocycles. The van der Waals surface area contributed by atoms with Gasteiger partial charge in [-0.3, -0.25) is 0 Å². The molecule has 5 heteroatoms. The van der Waals surface area contributed by atoms with E-state index in [4.69, 9.17) is 5.11 Å². The van der Waals surface area contributed by atoms with Crippen molar-refractivity contribution in [1.29, 1.82) is 0 Å². The molecule has 0 spiro atoms. The summed E-state index contributed by atoms with van der Waals surface area (Å²) < 4.78 is 26.9. The van der Waals surface area contributed by atoms with E-state index in [9.17, 15) is 8.87 Å². The first-order chi connectivity index (χ1) is 9.06. The highest BCUT2D eigenvalue weighted by Gasteiger charge is 2.21. The molecule has 0 aromatic rings. The van der Waals surface area contributed by atoms with Crippen molar-refractivity contribution in [1.82, 2.24) is 5.12 Å². The predicted molar refractivity (Wildman–Crippen MR) is 77.4 cm³/mol. The quantitative estimate of drug-likeness (QED) is 0.518. The number of rotatable bonds is 9. The second kappa shape index (κ2) is 8.72. The van der Waals surface area contributed by atoms with Gasteiger partial charge in [0.2, 0.25) is 0 Å². The molecule has 2 nitrogen and oxygen atoms in total. The van der Waals surface area contributed by atoms with Crippen molar-refractivity contribution in [3.63, 3.8) is 0 Å². The minimum atomic E-state index is -1.27. The van der Waals surface area contributed by atoms with Crippen molar-refractivity contribution in [2.24, 2.45) is 0 Å². The van der Waals surface area contributed by atoms with Crippen LogP contribution in [-0.2, 0) is 0 Å². The first-order valence-electron chi connectivity index (χ1n) is 6.70. The van der Waals surface area contributed by atoms with Crippen molar-refractivity contribution in [3.05, 3.63) is 23.6 Å². The normalized spacial score (nSPS) is 22.4. The van der Waals surface area contributed by atoms with Crippen LogP contribution < -0.4 is 0 Å². The summed E-state index contributed by atoms with van der Waals surface area (Å²) in [7, 11) is 0. The number of aliphatic hydroxyl groups is 1. The molecular weight excluding hydrogens is 268 g/mol. The smallest absolute Gasteiger partial charge is 0.120 e. The zero-order chi connectivity index (χ0) is 14.3. The Kier molecular flexibility index (Phi) is 7.64. The molecular formula is C14H23F2NOS. The molecule has 1 N–H and O–H groups in total. The van der Waals surface area contributed by atoms with E-state index in [1.165, 1.54) is 4.91 Å². The fraction of sp³-hybridized carbons (Fsp3) is 0.714. The third-order valence-corrected chi connectivity index (χ3v) is 4.58. The van der Waals surface area contributed by atoms with Crippen LogP contribution in [0.3, 0.4) is 0 Å². The van der Waals surface area contributed by atoms with Crippen molar-refractivity contribution >= 4 is 11.8 Å². The van der Waals surface area contributed by atoms with Gasteiger partial charge in [0.1, 0.15) is 6.17 Å². The fourth-order valence-corrected chi connectivity index (χ4v) is 3.31. The maximum atomic E-state index is 13.8. The zero-order valence-electron chi connectivity index (χ0n) is 11.4.